The van der Waals surface area contributed by atoms with Crippen molar-refractivity contribution in [1.29, 1.82) is 0 Å². The molecule has 0 unspecified atom stereocenters. The Bertz CT molecular complexity index is 263. The van der Waals surface area contributed by atoms with Crippen molar-refractivity contribution >= 4 is 11.8 Å². The van der Waals surface area contributed by atoms with Crippen molar-refractivity contribution in [3.63, 3.8) is 0 Å². The molecule has 0 heterocycles. The molecule has 13 heavy (non-hydrogen) atoms. The number of carbonyl (C=O) groups excluding carboxylic acids is 2. The summed E-state index contributed by atoms with van der Waals surface area (Å²) in [7, 11) is 1.35. The molecule has 0 aliphatic heterocycles. The summed E-state index contributed by atoms with van der Waals surface area (Å²) in [5.74, 6) is -0.225. The van der Waals surface area contributed by atoms with Gasteiger partial charge in [0.25, 0.3) is 0 Å². The lowest BCUT2D eigenvalue weighted by molar-refractivity contribution is -0.136. The van der Waals surface area contributed by atoms with Gasteiger partial charge >= 0.3 is 5.97 Å². The first-order chi connectivity index (χ1) is 6.20. The zero-order chi connectivity index (χ0) is 9.84. The number of carbonyl (C=O) groups is 2. The van der Waals surface area contributed by atoms with Crippen LogP contribution in [-0.4, -0.2) is 18.9 Å². The van der Waals surface area contributed by atoms with Crippen LogP contribution in [0.4, 0.5) is 0 Å². The molecule has 0 aromatic heterocycles. The van der Waals surface area contributed by atoms with Gasteiger partial charge in [-0.3, -0.25) is 4.79 Å². The van der Waals surface area contributed by atoms with Crippen LogP contribution < -0.4 is 0 Å². The largest absolute Gasteiger partial charge is 0.466 e. The minimum Gasteiger partial charge on any atom is -0.466 e. The van der Waals surface area contributed by atoms with Gasteiger partial charge in [0.05, 0.1) is 7.11 Å². The lowest BCUT2D eigenvalue weighted by atomic mass is 10.1. The fourth-order valence-corrected chi connectivity index (χ4v) is 1.60. The zero-order valence-electron chi connectivity index (χ0n) is 8.05. The average molecular weight is 182 g/mol. The van der Waals surface area contributed by atoms with E-state index in [1.807, 2.05) is 6.92 Å². The summed E-state index contributed by atoms with van der Waals surface area (Å²) >= 11 is 0. The van der Waals surface area contributed by atoms with Crippen molar-refractivity contribution in [2.24, 2.45) is 0 Å². The molecule has 0 radical (unpaired) electrons. The molecule has 3 heteroatoms. The number of hydrogen-bond acceptors (Lipinski definition) is 3. The minimum atomic E-state index is -0.339. The highest BCUT2D eigenvalue weighted by molar-refractivity contribution is 6.07. The van der Waals surface area contributed by atoms with Crippen LogP contribution in [0.5, 0.6) is 0 Å². The van der Waals surface area contributed by atoms with Crippen molar-refractivity contribution in [3.8, 4) is 0 Å². The molecule has 0 bridgehead atoms. The van der Waals surface area contributed by atoms with E-state index in [0.29, 0.717) is 30.4 Å². The third-order valence-electron chi connectivity index (χ3n) is 2.23. The van der Waals surface area contributed by atoms with E-state index in [0.717, 1.165) is 6.42 Å². The number of esters is 1. The van der Waals surface area contributed by atoms with E-state index in [1.54, 1.807) is 0 Å². The van der Waals surface area contributed by atoms with E-state index in [9.17, 15) is 9.59 Å². The molecule has 0 atom stereocenters. The van der Waals surface area contributed by atoms with E-state index in [2.05, 4.69) is 4.74 Å². The van der Waals surface area contributed by atoms with Crippen LogP contribution in [0.1, 0.15) is 32.6 Å². The first-order valence-electron chi connectivity index (χ1n) is 4.54. The molecule has 1 aliphatic carbocycles. The van der Waals surface area contributed by atoms with Crippen molar-refractivity contribution in [3.05, 3.63) is 11.1 Å². The Labute approximate surface area is 77.8 Å². The smallest absolute Gasteiger partial charge is 0.334 e. The molecular formula is C10H14O3. The molecule has 0 spiro atoms. The molecule has 0 aromatic rings. The van der Waals surface area contributed by atoms with Crippen LogP contribution in [0.25, 0.3) is 0 Å². The Balaban J connectivity index is 2.88. The van der Waals surface area contributed by atoms with Crippen molar-refractivity contribution < 1.29 is 14.3 Å². The molecule has 0 saturated heterocycles. The standard InChI is InChI=1S/C10H14O3/c1-3-4-7-8(10(12)13-2)5-6-9(7)11/h3-6H2,1-2H3. The molecule has 1 rings (SSSR count). The molecule has 3 nitrogen and oxygen atoms in total. The number of ketones is 1. The van der Waals surface area contributed by atoms with Crippen LogP contribution in [-0.2, 0) is 14.3 Å². The first kappa shape index (κ1) is 9.96. The lowest BCUT2D eigenvalue weighted by Crippen LogP contribution is -2.05. The molecule has 0 N–H and O–H groups in total. The fraction of sp³-hybridized carbons (Fsp3) is 0.600. The van der Waals surface area contributed by atoms with Gasteiger partial charge in [0.2, 0.25) is 0 Å². The van der Waals surface area contributed by atoms with Crippen molar-refractivity contribution in [2.45, 2.75) is 32.6 Å². The summed E-state index contributed by atoms with van der Waals surface area (Å²) in [5.41, 5.74) is 1.28. The highest BCUT2D eigenvalue weighted by Gasteiger charge is 2.26. The van der Waals surface area contributed by atoms with Crippen molar-refractivity contribution in [2.75, 3.05) is 7.11 Å². The number of hydrogen-bond donors (Lipinski definition) is 0. The van der Waals surface area contributed by atoms with Crippen LogP contribution >= 0.6 is 0 Å². The van der Waals surface area contributed by atoms with E-state index in [1.165, 1.54) is 7.11 Å². The molecule has 0 fully saturated rings. The Kier molecular flexibility index (Phi) is 3.23. The van der Waals surface area contributed by atoms with E-state index >= 15 is 0 Å². The molecule has 72 valence electrons. The van der Waals surface area contributed by atoms with E-state index in [4.69, 9.17) is 0 Å². The highest BCUT2D eigenvalue weighted by Crippen LogP contribution is 2.26. The third kappa shape index (κ3) is 1.97. The summed E-state index contributed by atoms with van der Waals surface area (Å²) in [6.07, 6.45) is 2.62. The van der Waals surface area contributed by atoms with Gasteiger partial charge in [0.1, 0.15) is 0 Å². The summed E-state index contributed by atoms with van der Waals surface area (Å²) in [6.45, 7) is 1.99. The third-order valence-corrected chi connectivity index (χ3v) is 2.23. The number of Topliss-reactive ketones (excluding diaryl/α,β-unsaturated/α-hetero) is 1. The van der Waals surface area contributed by atoms with Gasteiger partial charge in [0, 0.05) is 17.6 Å². The maximum absolute atomic E-state index is 11.3. The van der Waals surface area contributed by atoms with E-state index < -0.39 is 0 Å². The number of rotatable bonds is 3. The van der Waals surface area contributed by atoms with Gasteiger partial charge in [-0.25, -0.2) is 4.79 Å². The van der Waals surface area contributed by atoms with Crippen LogP contribution in [0.3, 0.4) is 0 Å². The average Bonchev–Trinajstić information content (AvgIpc) is 2.48. The number of allylic oxidation sites excluding steroid dienone is 1. The van der Waals surface area contributed by atoms with Crippen LogP contribution in [0.2, 0.25) is 0 Å². The Morgan fingerprint density at radius 3 is 2.69 bits per heavy atom. The van der Waals surface area contributed by atoms with Crippen LogP contribution in [0, 0.1) is 0 Å². The summed E-state index contributed by atoms with van der Waals surface area (Å²) in [5, 5.41) is 0. The summed E-state index contributed by atoms with van der Waals surface area (Å²) < 4.78 is 4.61. The summed E-state index contributed by atoms with van der Waals surface area (Å²) in [6, 6.07) is 0. The first-order valence-corrected chi connectivity index (χ1v) is 4.54. The number of methoxy groups -OCH3 is 1. The van der Waals surface area contributed by atoms with Gasteiger partial charge < -0.3 is 4.74 Å². The second kappa shape index (κ2) is 4.21. The summed E-state index contributed by atoms with van der Waals surface area (Å²) in [4.78, 5) is 22.5. The number of ether oxygens (including phenoxy) is 1. The monoisotopic (exact) mass is 182 g/mol. The fourth-order valence-electron chi connectivity index (χ4n) is 1.60. The predicted molar refractivity (Wildman–Crippen MR) is 48.2 cm³/mol. The maximum atomic E-state index is 11.3. The zero-order valence-corrected chi connectivity index (χ0v) is 8.05. The van der Waals surface area contributed by atoms with Gasteiger partial charge in [-0.05, 0) is 12.8 Å². The van der Waals surface area contributed by atoms with Crippen molar-refractivity contribution in [1.82, 2.24) is 0 Å². The van der Waals surface area contributed by atoms with Gasteiger partial charge in [-0.2, -0.15) is 0 Å². The highest BCUT2D eigenvalue weighted by atomic mass is 16.5. The molecule has 0 saturated carbocycles. The second-order valence-corrected chi connectivity index (χ2v) is 3.12. The van der Waals surface area contributed by atoms with Gasteiger partial charge in [-0.15, -0.1) is 0 Å². The molecule has 0 amide bonds. The minimum absolute atomic E-state index is 0.113. The van der Waals surface area contributed by atoms with Crippen LogP contribution in [0.15, 0.2) is 11.1 Å². The topological polar surface area (TPSA) is 43.4 Å². The second-order valence-electron chi connectivity index (χ2n) is 3.12. The molecule has 1 aliphatic rings. The van der Waals surface area contributed by atoms with Gasteiger partial charge in [0.15, 0.2) is 5.78 Å². The van der Waals surface area contributed by atoms with E-state index in [-0.39, 0.29) is 11.8 Å². The Morgan fingerprint density at radius 2 is 2.15 bits per heavy atom. The predicted octanol–water partition coefficient (Wildman–Crippen LogP) is 1.62. The normalized spacial score (nSPS) is 16.6. The molecular weight excluding hydrogens is 168 g/mol. The quantitative estimate of drug-likeness (QED) is 0.623. The maximum Gasteiger partial charge on any atom is 0.334 e. The Hall–Kier alpha value is -1.12. The Morgan fingerprint density at radius 1 is 1.46 bits per heavy atom. The molecule has 0 aromatic carbocycles. The van der Waals surface area contributed by atoms with Gasteiger partial charge in [-0.1, -0.05) is 13.3 Å². The lowest BCUT2D eigenvalue weighted by Gasteiger charge is -2.02. The SMILES string of the molecule is CCCC1=C(C(=O)OC)CCC1=O.